The van der Waals surface area contributed by atoms with Gasteiger partial charge >= 0.3 is 0 Å². The summed E-state index contributed by atoms with van der Waals surface area (Å²) in [5.74, 6) is 1.33. The van der Waals surface area contributed by atoms with E-state index >= 15 is 0 Å². The molecule has 19 heavy (non-hydrogen) atoms. The van der Waals surface area contributed by atoms with E-state index in [1.165, 1.54) is 16.7 Å². The highest BCUT2D eigenvalue weighted by atomic mass is 16.5. The standard InChI is InChI=1S/C16H21NO2/c1-11(2)13-8-14(12(3)7-15(13)18-4)16(5-6-17)9-19-10-16/h7-8,11H,5,9-10H2,1-4H3. The SMILES string of the molecule is COc1cc(C)c(C2(CC#N)COC2)cc1C(C)C. The fourth-order valence-corrected chi connectivity index (χ4v) is 2.75. The quantitative estimate of drug-likeness (QED) is 0.833. The van der Waals surface area contributed by atoms with Crippen LogP contribution in [0.5, 0.6) is 5.75 Å². The van der Waals surface area contributed by atoms with E-state index in [4.69, 9.17) is 14.7 Å². The van der Waals surface area contributed by atoms with Gasteiger partial charge < -0.3 is 9.47 Å². The summed E-state index contributed by atoms with van der Waals surface area (Å²) in [5, 5.41) is 9.07. The Hall–Kier alpha value is -1.53. The van der Waals surface area contributed by atoms with E-state index in [1.807, 2.05) is 0 Å². The fourth-order valence-electron chi connectivity index (χ4n) is 2.75. The van der Waals surface area contributed by atoms with E-state index < -0.39 is 0 Å². The van der Waals surface area contributed by atoms with Gasteiger partial charge in [0.05, 0.1) is 31.8 Å². The molecule has 3 nitrogen and oxygen atoms in total. The van der Waals surface area contributed by atoms with Gasteiger partial charge in [-0.15, -0.1) is 0 Å². The van der Waals surface area contributed by atoms with Crippen LogP contribution in [0.4, 0.5) is 0 Å². The van der Waals surface area contributed by atoms with Crippen molar-refractivity contribution in [3.05, 3.63) is 28.8 Å². The Kier molecular flexibility index (Phi) is 3.82. The minimum atomic E-state index is -0.116. The molecule has 1 saturated heterocycles. The first-order valence-electron chi connectivity index (χ1n) is 6.68. The van der Waals surface area contributed by atoms with E-state index in [9.17, 15) is 0 Å². The number of hydrogen-bond acceptors (Lipinski definition) is 3. The van der Waals surface area contributed by atoms with Gasteiger partial charge in [0.1, 0.15) is 5.75 Å². The van der Waals surface area contributed by atoms with E-state index in [1.54, 1.807) is 7.11 Å². The van der Waals surface area contributed by atoms with Crippen LogP contribution in [-0.4, -0.2) is 20.3 Å². The molecule has 1 heterocycles. The Labute approximate surface area is 115 Å². The van der Waals surface area contributed by atoms with Crippen molar-refractivity contribution in [1.82, 2.24) is 0 Å². The summed E-state index contributed by atoms with van der Waals surface area (Å²) in [4.78, 5) is 0. The Balaban J connectivity index is 2.52. The molecule has 1 fully saturated rings. The summed E-state index contributed by atoms with van der Waals surface area (Å²) < 4.78 is 10.8. The molecule has 0 saturated carbocycles. The molecule has 102 valence electrons. The molecular formula is C16H21NO2. The second kappa shape index (κ2) is 5.22. The molecule has 0 atom stereocenters. The zero-order valence-corrected chi connectivity index (χ0v) is 12.1. The second-order valence-corrected chi connectivity index (χ2v) is 5.67. The molecule has 0 amide bonds. The summed E-state index contributed by atoms with van der Waals surface area (Å²) in [7, 11) is 1.71. The number of benzene rings is 1. The van der Waals surface area contributed by atoms with Crippen LogP contribution in [0.15, 0.2) is 12.1 Å². The monoisotopic (exact) mass is 259 g/mol. The summed E-state index contributed by atoms with van der Waals surface area (Å²) in [5.41, 5.74) is 3.51. The van der Waals surface area contributed by atoms with Crippen LogP contribution in [0, 0.1) is 18.3 Å². The summed E-state index contributed by atoms with van der Waals surface area (Å²) in [6, 6.07) is 6.59. The predicted octanol–water partition coefficient (Wildman–Crippen LogP) is 3.31. The van der Waals surface area contributed by atoms with Crippen LogP contribution >= 0.6 is 0 Å². The third-order valence-corrected chi connectivity index (χ3v) is 3.94. The van der Waals surface area contributed by atoms with Gasteiger partial charge in [0.2, 0.25) is 0 Å². The highest BCUT2D eigenvalue weighted by Gasteiger charge is 2.41. The van der Waals surface area contributed by atoms with Gasteiger partial charge in [-0.25, -0.2) is 0 Å². The fraction of sp³-hybridized carbons (Fsp3) is 0.562. The van der Waals surface area contributed by atoms with Crippen molar-refractivity contribution < 1.29 is 9.47 Å². The molecule has 1 aliphatic heterocycles. The second-order valence-electron chi connectivity index (χ2n) is 5.67. The van der Waals surface area contributed by atoms with E-state index in [0.717, 1.165) is 5.75 Å². The zero-order chi connectivity index (χ0) is 14.0. The van der Waals surface area contributed by atoms with Crippen molar-refractivity contribution in [3.63, 3.8) is 0 Å². The molecular weight excluding hydrogens is 238 g/mol. The van der Waals surface area contributed by atoms with Crippen LogP contribution in [0.2, 0.25) is 0 Å². The first-order chi connectivity index (χ1) is 9.04. The zero-order valence-electron chi connectivity index (χ0n) is 12.1. The maximum atomic E-state index is 9.07. The minimum Gasteiger partial charge on any atom is -0.496 e. The number of aryl methyl sites for hydroxylation is 1. The average molecular weight is 259 g/mol. The number of nitrogens with zero attached hydrogens (tertiary/aromatic N) is 1. The summed E-state index contributed by atoms with van der Waals surface area (Å²) in [6.45, 7) is 7.69. The molecule has 0 aromatic heterocycles. The molecule has 0 bridgehead atoms. The lowest BCUT2D eigenvalue weighted by Crippen LogP contribution is -2.47. The Morgan fingerprint density at radius 1 is 1.42 bits per heavy atom. The molecule has 0 aliphatic carbocycles. The lowest BCUT2D eigenvalue weighted by molar-refractivity contribution is -0.0580. The van der Waals surface area contributed by atoms with Crippen LogP contribution in [-0.2, 0) is 10.2 Å². The summed E-state index contributed by atoms with van der Waals surface area (Å²) in [6.07, 6.45) is 0.512. The average Bonchev–Trinajstić information content (AvgIpc) is 2.33. The number of ether oxygens (including phenoxy) is 2. The van der Waals surface area contributed by atoms with Crippen molar-refractivity contribution in [2.75, 3.05) is 20.3 Å². The lowest BCUT2D eigenvalue weighted by Gasteiger charge is -2.41. The largest absolute Gasteiger partial charge is 0.496 e. The molecule has 1 aromatic carbocycles. The van der Waals surface area contributed by atoms with Gasteiger partial charge in [-0.1, -0.05) is 19.9 Å². The third-order valence-electron chi connectivity index (χ3n) is 3.94. The van der Waals surface area contributed by atoms with Crippen molar-refractivity contribution in [3.8, 4) is 11.8 Å². The Morgan fingerprint density at radius 3 is 2.53 bits per heavy atom. The molecule has 3 heteroatoms. The normalized spacial score (nSPS) is 16.8. The van der Waals surface area contributed by atoms with Crippen LogP contribution in [0.3, 0.4) is 0 Å². The maximum absolute atomic E-state index is 9.07. The number of methoxy groups -OCH3 is 1. The van der Waals surface area contributed by atoms with E-state index in [2.05, 4.69) is 39.0 Å². The molecule has 1 aliphatic rings. The van der Waals surface area contributed by atoms with Gasteiger partial charge in [0.15, 0.2) is 0 Å². The van der Waals surface area contributed by atoms with Crippen molar-refractivity contribution in [2.24, 2.45) is 0 Å². The molecule has 2 rings (SSSR count). The predicted molar refractivity (Wildman–Crippen MR) is 74.5 cm³/mol. The Bertz CT molecular complexity index is 510. The van der Waals surface area contributed by atoms with Crippen LogP contribution in [0.25, 0.3) is 0 Å². The Morgan fingerprint density at radius 2 is 2.11 bits per heavy atom. The number of rotatable bonds is 4. The maximum Gasteiger partial charge on any atom is 0.122 e. The van der Waals surface area contributed by atoms with Crippen LogP contribution in [0.1, 0.15) is 42.9 Å². The van der Waals surface area contributed by atoms with Crippen LogP contribution < -0.4 is 4.74 Å². The molecule has 0 N–H and O–H groups in total. The molecule has 1 aromatic rings. The number of hydrogen-bond donors (Lipinski definition) is 0. The van der Waals surface area contributed by atoms with Gasteiger partial charge in [0.25, 0.3) is 0 Å². The third kappa shape index (κ3) is 2.33. The minimum absolute atomic E-state index is 0.116. The molecule has 0 unspecified atom stereocenters. The first kappa shape index (κ1) is 13.9. The topological polar surface area (TPSA) is 42.2 Å². The van der Waals surface area contributed by atoms with Gasteiger partial charge in [0, 0.05) is 6.42 Å². The van der Waals surface area contributed by atoms with Crippen molar-refractivity contribution >= 4 is 0 Å². The van der Waals surface area contributed by atoms with Crippen molar-refractivity contribution in [1.29, 1.82) is 5.26 Å². The lowest BCUT2D eigenvalue weighted by atomic mass is 9.73. The highest BCUT2D eigenvalue weighted by molar-refractivity contribution is 5.48. The van der Waals surface area contributed by atoms with E-state index in [-0.39, 0.29) is 5.41 Å². The highest BCUT2D eigenvalue weighted by Crippen LogP contribution is 2.41. The smallest absolute Gasteiger partial charge is 0.122 e. The van der Waals surface area contributed by atoms with Gasteiger partial charge in [-0.05, 0) is 35.6 Å². The summed E-state index contributed by atoms with van der Waals surface area (Å²) >= 11 is 0. The first-order valence-corrected chi connectivity index (χ1v) is 6.68. The molecule has 0 radical (unpaired) electrons. The van der Waals surface area contributed by atoms with Crippen molar-refractivity contribution in [2.45, 2.75) is 38.5 Å². The van der Waals surface area contributed by atoms with Gasteiger partial charge in [-0.2, -0.15) is 5.26 Å². The van der Waals surface area contributed by atoms with E-state index in [0.29, 0.717) is 25.6 Å². The molecule has 0 spiro atoms. The van der Waals surface area contributed by atoms with Gasteiger partial charge in [-0.3, -0.25) is 0 Å². The number of nitriles is 1.